The molecule has 0 saturated heterocycles. The molecule has 0 radical (unpaired) electrons. The highest BCUT2D eigenvalue weighted by Crippen LogP contribution is 2.04. The third-order valence-corrected chi connectivity index (χ3v) is 2.58. The van der Waals surface area contributed by atoms with Gasteiger partial charge in [-0.05, 0) is 25.3 Å². The van der Waals surface area contributed by atoms with Crippen LogP contribution in [0.4, 0.5) is 0 Å². The molecule has 2 amide bonds. The Kier molecular flexibility index (Phi) is 7.69. The van der Waals surface area contributed by atoms with Crippen molar-refractivity contribution in [1.29, 1.82) is 0 Å². The van der Waals surface area contributed by atoms with Gasteiger partial charge in [0.2, 0.25) is 11.8 Å². The minimum absolute atomic E-state index is 0.00283. The molecule has 7 heteroatoms. The van der Waals surface area contributed by atoms with E-state index in [1.807, 2.05) is 6.92 Å². The molecule has 0 rings (SSSR count). The Morgan fingerprint density at radius 3 is 2.28 bits per heavy atom. The Bertz CT molecular complexity index is 307. The van der Waals surface area contributed by atoms with Gasteiger partial charge in [0.1, 0.15) is 6.04 Å². The highest BCUT2D eigenvalue weighted by molar-refractivity contribution is 5.84. The second-order valence-electron chi connectivity index (χ2n) is 4.34. The number of amides is 2. The monoisotopic (exact) mass is 259 g/mol. The normalized spacial score (nSPS) is 13.7. The van der Waals surface area contributed by atoms with Crippen molar-refractivity contribution in [2.45, 2.75) is 38.6 Å². The van der Waals surface area contributed by atoms with Crippen molar-refractivity contribution in [1.82, 2.24) is 5.32 Å². The number of aliphatic carboxylic acids is 1. The summed E-state index contributed by atoms with van der Waals surface area (Å²) in [7, 11) is 0. The van der Waals surface area contributed by atoms with E-state index in [0.29, 0.717) is 13.0 Å². The van der Waals surface area contributed by atoms with Gasteiger partial charge in [-0.15, -0.1) is 0 Å². The van der Waals surface area contributed by atoms with Gasteiger partial charge in [0.05, 0.1) is 0 Å². The van der Waals surface area contributed by atoms with Gasteiger partial charge in [0.15, 0.2) is 0 Å². The first-order valence-corrected chi connectivity index (χ1v) is 5.87. The maximum Gasteiger partial charge on any atom is 0.326 e. The van der Waals surface area contributed by atoms with Crippen LogP contribution in [0.15, 0.2) is 0 Å². The zero-order valence-electron chi connectivity index (χ0n) is 10.5. The fourth-order valence-electron chi connectivity index (χ4n) is 1.31. The van der Waals surface area contributed by atoms with Gasteiger partial charge in [-0.3, -0.25) is 9.59 Å². The number of hydrogen-bond donors (Lipinski definition) is 4. The van der Waals surface area contributed by atoms with Crippen molar-refractivity contribution in [3.63, 3.8) is 0 Å². The number of rotatable bonds is 9. The van der Waals surface area contributed by atoms with E-state index in [1.54, 1.807) is 0 Å². The quantitative estimate of drug-likeness (QED) is 0.429. The zero-order chi connectivity index (χ0) is 14.1. The van der Waals surface area contributed by atoms with Crippen LogP contribution in [0.5, 0.6) is 0 Å². The highest BCUT2D eigenvalue weighted by atomic mass is 16.4. The summed E-state index contributed by atoms with van der Waals surface area (Å²) >= 11 is 0. The first kappa shape index (κ1) is 16.4. The molecule has 0 fully saturated rings. The summed E-state index contributed by atoms with van der Waals surface area (Å²) in [6.07, 6.45) is 0.752. The highest BCUT2D eigenvalue weighted by Gasteiger charge is 2.20. The average molecular weight is 259 g/mol. The van der Waals surface area contributed by atoms with E-state index in [-0.39, 0.29) is 31.1 Å². The summed E-state index contributed by atoms with van der Waals surface area (Å²) < 4.78 is 0. The minimum Gasteiger partial charge on any atom is -0.480 e. The first-order chi connectivity index (χ1) is 8.36. The lowest BCUT2D eigenvalue weighted by molar-refractivity contribution is -0.142. The van der Waals surface area contributed by atoms with Crippen LogP contribution in [-0.2, 0) is 14.4 Å². The standard InChI is InChI=1S/C11H21N3O4/c1-7(6-12)2-5-10(16)14-8(11(17)18)3-4-9(13)15/h7-8H,2-6,12H2,1H3,(H2,13,15)(H,14,16)(H,17,18). The fraction of sp³-hybridized carbons (Fsp3) is 0.727. The lowest BCUT2D eigenvalue weighted by Gasteiger charge is -2.14. The smallest absolute Gasteiger partial charge is 0.326 e. The van der Waals surface area contributed by atoms with Crippen LogP contribution < -0.4 is 16.8 Å². The summed E-state index contributed by atoms with van der Waals surface area (Å²) in [4.78, 5) is 32.9. The van der Waals surface area contributed by atoms with Crippen LogP contribution >= 0.6 is 0 Å². The van der Waals surface area contributed by atoms with Gasteiger partial charge in [0, 0.05) is 12.8 Å². The van der Waals surface area contributed by atoms with Crippen LogP contribution in [0.25, 0.3) is 0 Å². The SMILES string of the molecule is CC(CN)CCC(=O)NC(CCC(N)=O)C(=O)O. The molecule has 7 nitrogen and oxygen atoms in total. The summed E-state index contributed by atoms with van der Waals surface area (Å²) in [6, 6.07) is -1.07. The van der Waals surface area contributed by atoms with E-state index >= 15 is 0 Å². The van der Waals surface area contributed by atoms with E-state index in [2.05, 4.69) is 5.32 Å². The number of carboxylic acid groups (broad SMARTS) is 1. The van der Waals surface area contributed by atoms with Crippen molar-refractivity contribution in [3.05, 3.63) is 0 Å². The summed E-state index contributed by atoms with van der Waals surface area (Å²) in [5.41, 5.74) is 10.3. The second kappa shape index (κ2) is 8.46. The average Bonchev–Trinajstić information content (AvgIpc) is 2.30. The van der Waals surface area contributed by atoms with E-state index in [9.17, 15) is 14.4 Å². The molecule has 0 aliphatic rings. The molecule has 18 heavy (non-hydrogen) atoms. The van der Waals surface area contributed by atoms with E-state index < -0.39 is 17.9 Å². The van der Waals surface area contributed by atoms with Crippen molar-refractivity contribution in [3.8, 4) is 0 Å². The first-order valence-electron chi connectivity index (χ1n) is 5.87. The molecule has 0 heterocycles. The van der Waals surface area contributed by atoms with E-state index in [1.165, 1.54) is 0 Å². The molecular formula is C11H21N3O4. The van der Waals surface area contributed by atoms with E-state index in [4.69, 9.17) is 16.6 Å². The van der Waals surface area contributed by atoms with Crippen LogP contribution in [0.2, 0.25) is 0 Å². The number of carboxylic acids is 1. The fourth-order valence-corrected chi connectivity index (χ4v) is 1.31. The number of primary amides is 1. The Morgan fingerprint density at radius 2 is 1.83 bits per heavy atom. The van der Waals surface area contributed by atoms with Gasteiger partial charge in [0.25, 0.3) is 0 Å². The van der Waals surface area contributed by atoms with E-state index in [0.717, 1.165) is 0 Å². The van der Waals surface area contributed by atoms with Crippen molar-refractivity contribution in [2.75, 3.05) is 6.54 Å². The van der Waals surface area contributed by atoms with Gasteiger partial charge >= 0.3 is 5.97 Å². The lowest BCUT2D eigenvalue weighted by atomic mass is 10.1. The zero-order valence-corrected chi connectivity index (χ0v) is 10.5. The topological polar surface area (TPSA) is 136 Å². The van der Waals surface area contributed by atoms with Gasteiger partial charge < -0.3 is 21.9 Å². The number of carbonyl (C=O) groups is 3. The Hall–Kier alpha value is -1.63. The molecule has 0 aromatic carbocycles. The van der Waals surface area contributed by atoms with Crippen LogP contribution in [-0.4, -0.2) is 35.5 Å². The molecule has 104 valence electrons. The largest absolute Gasteiger partial charge is 0.480 e. The summed E-state index contributed by atoms with van der Waals surface area (Å²) in [5, 5.41) is 11.2. The van der Waals surface area contributed by atoms with Crippen LogP contribution in [0.3, 0.4) is 0 Å². The van der Waals surface area contributed by atoms with Gasteiger partial charge in [-0.2, -0.15) is 0 Å². The van der Waals surface area contributed by atoms with Crippen molar-refractivity contribution < 1.29 is 19.5 Å². The Labute approximate surface area is 106 Å². The number of hydrogen-bond acceptors (Lipinski definition) is 4. The number of nitrogens with one attached hydrogen (secondary N) is 1. The molecule has 0 saturated carbocycles. The molecule has 2 atom stereocenters. The maximum absolute atomic E-state index is 11.5. The molecule has 2 unspecified atom stereocenters. The molecular weight excluding hydrogens is 238 g/mol. The third-order valence-electron chi connectivity index (χ3n) is 2.58. The molecule has 0 spiro atoms. The van der Waals surface area contributed by atoms with Gasteiger partial charge in [-0.1, -0.05) is 6.92 Å². The Morgan fingerprint density at radius 1 is 1.22 bits per heavy atom. The molecule has 0 aromatic heterocycles. The summed E-state index contributed by atoms with van der Waals surface area (Å²) in [5.74, 6) is -1.90. The third kappa shape index (κ3) is 7.61. The second-order valence-corrected chi connectivity index (χ2v) is 4.34. The van der Waals surface area contributed by atoms with Crippen LogP contribution in [0.1, 0.15) is 32.6 Å². The molecule has 0 aliphatic carbocycles. The Balaban J connectivity index is 4.11. The van der Waals surface area contributed by atoms with Crippen molar-refractivity contribution >= 4 is 17.8 Å². The van der Waals surface area contributed by atoms with Gasteiger partial charge in [-0.25, -0.2) is 4.79 Å². The number of carbonyl (C=O) groups excluding carboxylic acids is 2. The molecule has 0 aliphatic heterocycles. The molecule has 6 N–H and O–H groups in total. The summed E-state index contributed by atoms with van der Waals surface area (Å²) in [6.45, 7) is 2.40. The maximum atomic E-state index is 11.5. The van der Waals surface area contributed by atoms with Crippen LogP contribution in [0, 0.1) is 5.92 Å². The van der Waals surface area contributed by atoms with Crippen molar-refractivity contribution in [2.24, 2.45) is 17.4 Å². The predicted octanol–water partition coefficient (Wildman–Crippen LogP) is -0.804. The lowest BCUT2D eigenvalue weighted by Crippen LogP contribution is -2.41. The molecule has 0 bridgehead atoms. The minimum atomic E-state index is -1.17. The predicted molar refractivity (Wildman–Crippen MR) is 65.4 cm³/mol. The number of nitrogens with two attached hydrogens (primary N) is 2. The molecule has 0 aromatic rings.